The smallest absolute Gasteiger partial charge is 0.251 e. The zero-order chi connectivity index (χ0) is 15.2. The van der Waals surface area contributed by atoms with Crippen LogP contribution < -0.4 is 10.6 Å². The van der Waals surface area contributed by atoms with Crippen molar-refractivity contribution >= 4 is 11.6 Å². The van der Waals surface area contributed by atoms with Gasteiger partial charge in [-0.05, 0) is 44.5 Å². The van der Waals surface area contributed by atoms with Crippen molar-refractivity contribution in [1.82, 2.24) is 15.5 Å². The summed E-state index contributed by atoms with van der Waals surface area (Å²) in [5, 5.41) is 9.79. The second-order valence-electron chi connectivity index (χ2n) is 4.80. The molecule has 0 saturated heterocycles. The summed E-state index contributed by atoms with van der Waals surface area (Å²) in [5.41, 5.74) is 2.64. The third-order valence-corrected chi connectivity index (χ3v) is 3.05. The Labute approximate surface area is 123 Å². The number of nitrogens with one attached hydrogen (secondary N) is 2. The monoisotopic (exact) mass is 288 g/mol. The number of amides is 1. The van der Waals surface area contributed by atoms with Gasteiger partial charge in [-0.25, -0.2) is 0 Å². The van der Waals surface area contributed by atoms with Gasteiger partial charge >= 0.3 is 0 Å². The third kappa shape index (κ3) is 4.05. The number of hydrogen-bond donors (Lipinski definition) is 2. The van der Waals surface area contributed by atoms with E-state index in [1.165, 1.54) is 0 Å². The fraction of sp³-hybridized carbons (Fsp3) is 0.400. The summed E-state index contributed by atoms with van der Waals surface area (Å²) in [6, 6.07) is 5.71. The van der Waals surface area contributed by atoms with Crippen LogP contribution in [0.25, 0.3) is 0 Å². The Kier molecular flexibility index (Phi) is 4.92. The van der Waals surface area contributed by atoms with Crippen molar-refractivity contribution in [1.29, 1.82) is 0 Å². The second kappa shape index (κ2) is 6.88. The quantitative estimate of drug-likeness (QED) is 0.850. The summed E-state index contributed by atoms with van der Waals surface area (Å²) >= 11 is 0. The van der Waals surface area contributed by atoms with Crippen molar-refractivity contribution in [2.75, 3.05) is 18.4 Å². The Morgan fingerprint density at radius 3 is 2.76 bits per heavy atom. The average molecular weight is 288 g/mol. The van der Waals surface area contributed by atoms with Crippen LogP contribution in [0.15, 0.2) is 22.7 Å². The first-order valence-electron chi connectivity index (χ1n) is 7.02. The SMILES string of the molecule is CCNc1ccc(C(=O)NCCc2nc(C)no2)c(C)c1. The van der Waals surface area contributed by atoms with Gasteiger partial charge in [-0.2, -0.15) is 4.98 Å². The largest absolute Gasteiger partial charge is 0.385 e. The normalized spacial score (nSPS) is 10.4. The number of anilines is 1. The second-order valence-corrected chi connectivity index (χ2v) is 4.80. The van der Waals surface area contributed by atoms with Crippen LogP contribution >= 0.6 is 0 Å². The Bertz CT molecular complexity index is 622. The maximum absolute atomic E-state index is 12.1. The minimum Gasteiger partial charge on any atom is -0.385 e. The zero-order valence-corrected chi connectivity index (χ0v) is 12.6. The molecule has 0 saturated carbocycles. The predicted octanol–water partition coefficient (Wildman–Crippen LogP) is 2.09. The Morgan fingerprint density at radius 2 is 2.14 bits per heavy atom. The van der Waals surface area contributed by atoms with E-state index in [-0.39, 0.29) is 5.91 Å². The molecule has 1 aromatic carbocycles. The summed E-state index contributed by atoms with van der Waals surface area (Å²) in [6.07, 6.45) is 0.529. The summed E-state index contributed by atoms with van der Waals surface area (Å²) in [4.78, 5) is 16.2. The van der Waals surface area contributed by atoms with Gasteiger partial charge in [-0.1, -0.05) is 5.16 Å². The standard InChI is InChI=1S/C15H20N4O2/c1-4-16-12-5-6-13(10(2)9-12)15(20)17-8-7-14-18-11(3)19-21-14/h5-6,9,16H,4,7-8H2,1-3H3,(H,17,20). The molecule has 6 nitrogen and oxygen atoms in total. The summed E-state index contributed by atoms with van der Waals surface area (Å²) in [6.45, 7) is 7.05. The van der Waals surface area contributed by atoms with Crippen LogP contribution in [0, 0.1) is 13.8 Å². The lowest BCUT2D eigenvalue weighted by Gasteiger charge is -2.09. The molecule has 0 unspecified atom stereocenters. The van der Waals surface area contributed by atoms with Gasteiger partial charge in [-0.15, -0.1) is 0 Å². The average Bonchev–Trinajstić information content (AvgIpc) is 2.85. The summed E-state index contributed by atoms with van der Waals surface area (Å²) in [5.74, 6) is 1.05. The van der Waals surface area contributed by atoms with E-state index in [0.29, 0.717) is 30.2 Å². The highest BCUT2D eigenvalue weighted by Gasteiger charge is 2.10. The molecular formula is C15H20N4O2. The third-order valence-electron chi connectivity index (χ3n) is 3.05. The van der Waals surface area contributed by atoms with Gasteiger partial charge in [-0.3, -0.25) is 4.79 Å². The molecule has 1 heterocycles. The van der Waals surface area contributed by atoms with E-state index in [4.69, 9.17) is 4.52 Å². The molecule has 6 heteroatoms. The molecule has 0 fully saturated rings. The Hall–Kier alpha value is -2.37. The van der Waals surface area contributed by atoms with Crippen molar-refractivity contribution < 1.29 is 9.32 Å². The van der Waals surface area contributed by atoms with Crippen LogP contribution in [0.5, 0.6) is 0 Å². The van der Waals surface area contributed by atoms with Crippen LogP contribution in [-0.2, 0) is 6.42 Å². The molecule has 21 heavy (non-hydrogen) atoms. The molecule has 0 aliphatic heterocycles. The number of nitrogens with zero attached hydrogens (tertiary/aromatic N) is 2. The van der Waals surface area contributed by atoms with Crippen LogP contribution in [0.3, 0.4) is 0 Å². The van der Waals surface area contributed by atoms with E-state index in [1.807, 2.05) is 32.0 Å². The molecule has 2 N–H and O–H groups in total. The molecule has 0 spiro atoms. The van der Waals surface area contributed by atoms with E-state index in [2.05, 4.69) is 20.8 Å². The molecule has 2 aromatic rings. The number of aromatic nitrogens is 2. The first-order valence-corrected chi connectivity index (χ1v) is 7.02. The number of rotatable bonds is 6. The molecule has 112 valence electrons. The zero-order valence-electron chi connectivity index (χ0n) is 12.6. The van der Waals surface area contributed by atoms with Crippen LogP contribution in [0.2, 0.25) is 0 Å². The number of benzene rings is 1. The maximum atomic E-state index is 12.1. The highest BCUT2D eigenvalue weighted by molar-refractivity contribution is 5.96. The number of carbonyl (C=O) groups excluding carboxylic acids is 1. The number of aryl methyl sites for hydroxylation is 2. The van der Waals surface area contributed by atoms with Gasteiger partial charge in [0.05, 0.1) is 0 Å². The van der Waals surface area contributed by atoms with Gasteiger partial charge < -0.3 is 15.2 Å². The van der Waals surface area contributed by atoms with Gasteiger partial charge in [0.25, 0.3) is 5.91 Å². The summed E-state index contributed by atoms with van der Waals surface area (Å²) < 4.78 is 5.00. The van der Waals surface area contributed by atoms with Crippen LogP contribution in [0.1, 0.15) is 34.6 Å². The molecule has 0 aliphatic rings. The van der Waals surface area contributed by atoms with Gasteiger partial charge in [0, 0.05) is 30.8 Å². The lowest BCUT2D eigenvalue weighted by Crippen LogP contribution is -2.26. The van der Waals surface area contributed by atoms with E-state index in [0.717, 1.165) is 17.8 Å². The van der Waals surface area contributed by atoms with E-state index >= 15 is 0 Å². The minimum atomic E-state index is -0.0909. The molecule has 1 aromatic heterocycles. The lowest BCUT2D eigenvalue weighted by atomic mass is 10.1. The van der Waals surface area contributed by atoms with Crippen molar-refractivity contribution in [2.24, 2.45) is 0 Å². The van der Waals surface area contributed by atoms with Crippen molar-refractivity contribution in [3.63, 3.8) is 0 Å². The first-order chi connectivity index (χ1) is 10.1. The molecule has 0 aliphatic carbocycles. The van der Waals surface area contributed by atoms with Gasteiger partial charge in [0.15, 0.2) is 5.82 Å². The topological polar surface area (TPSA) is 80.0 Å². The molecule has 0 bridgehead atoms. The van der Waals surface area contributed by atoms with Crippen LogP contribution in [0.4, 0.5) is 5.69 Å². The van der Waals surface area contributed by atoms with Gasteiger partial charge in [0.2, 0.25) is 5.89 Å². The fourth-order valence-corrected chi connectivity index (χ4v) is 2.05. The lowest BCUT2D eigenvalue weighted by molar-refractivity contribution is 0.0953. The highest BCUT2D eigenvalue weighted by atomic mass is 16.5. The molecule has 0 atom stereocenters. The number of hydrogen-bond acceptors (Lipinski definition) is 5. The molecule has 0 radical (unpaired) electrons. The molecule has 1 amide bonds. The maximum Gasteiger partial charge on any atom is 0.251 e. The van der Waals surface area contributed by atoms with E-state index < -0.39 is 0 Å². The van der Waals surface area contributed by atoms with Crippen LogP contribution in [-0.4, -0.2) is 29.1 Å². The van der Waals surface area contributed by atoms with E-state index in [9.17, 15) is 4.79 Å². The fourth-order valence-electron chi connectivity index (χ4n) is 2.05. The van der Waals surface area contributed by atoms with Crippen molar-refractivity contribution in [3.05, 3.63) is 41.0 Å². The van der Waals surface area contributed by atoms with Crippen molar-refractivity contribution in [2.45, 2.75) is 27.2 Å². The molecule has 2 rings (SSSR count). The highest BCUT2D eigenvalue weighted by Crippen LogP contribution is 2.15. The van der Waals surface area contributed by atoms with Gasteiger partial charge in [0.1, 0.15) is 0 Å². The van der Waals surface area contributed by atoms with Crippen molar-refractivity contribution in [3.8, 4) is 0 Å². The number of carbonyl (C=O) groups is 1. The Morgan fingerprint density at radius 1 is 1.33 bits per heavy atom. The summed E-state index contributed by atoms with van der Waals surface area (Å²) in [7, 11) is 0. The molecular weight excluding hydrogens is 268 g/mol. The minimum absolute atomic E-state index is 0.0909. The van der Waals surface area contributed by atoms with E-state index in [1.54, 1.807) is 6.92 Å². The first kappa shape index (κ1) is 15.0. The predicted molar refractivity (Wildman–Crippen MR) is 80.4 cm³/mol. The Balaban J connectivity index is 1.91.